The molecule has 0 N–H and O–H groups in total. The van der Waals surface area contributed by atoms with Gasteiger partial charge in [0.1, 0.15) is 0 Å². The summed E-state index contributed by atoms with van der Waals surface area (Å²) in [5.74, 6) is 4.46. The van der Waals surface area contributed by atoms with Crippen molar-refractivity contribution in [3.63, 3.8) is 0 Å². The average molecular weight is 808 g/mol. The van der Waals surface area contributed by atoms with Crippen LogP contribution in [0.15, 0.2) is 224 Å². The van der Waals surface area contributed by atoms with Crippen molar-refractivity contribution < 1.29 is 9.47 Å². The first kappa shape index (κ1) is 36.4. The molecule has 1 aliphatic heterocycles. The van der Waals surface area contributed by atoms with E-state index in [1.807, 2.05) is 54.6 Å². The van der Waals surface area contributed by atoms with Gasteiger partial charge >= 0.3 is 0 Å². The molecular weight excluding hydrogens is 771 g/mol. The van der Waals surface area contributed by atoms with Gasteiger partial charge in [0.05, 0.1) is 5.41 Å². The van der Waals surface area contributed by atoms with Gasteiger partial charge in [0.15, 0.2) is 40.5 Å². The summed E-state index contributed by atoms with van der Waals surface area (Å²) in [7, 11) is 0. The van der Waals surface area contributed by atoms with Gasteiger partial charge in [0.2, 0.25) is 0 Å². The van der Waals surface area contributed by atoms with Gasteiger partial charge in [-0.25, -0.2) is 15.0 Å². The van der Waals surface area contributed by atoms with E-state index in [4.69, 9.17) is 24.4 Å². The maximum absolute atomic E-state index is 7.08. The predicted octanol–water partition coefficient (Wildman–Crippen LogP) is 14.5. The first-order chi connectivity index (χ1) is 31.2. The smallest absolute Gasteiger partial charge is 0.178 e. The summed E-state index contributed by atoms with van der Waals surface area (Å²) in [6, 6.07) is 77.8. The highest BCUT2D eigenvalue weighted by Gasteiger charge is 2.48. The third-order valence-electron chi connectivity index (χ3n) is 12.3. The molecule has 0 saturated carbocycles. The zero-order valence-electron chi connectivity index (χ0n) is 34.0. The molecule has 9 aromatic carbocycles. The summed E-state index contributed by atoms with van der Waals surface area (Å²) in [5, 5.41) is 0. The van der Waals surface area contributed by atoms with Crippen LogP contribution in [0, 0.1) is 0 Å². The molecule has 0 fully saturated rings. The van der Waals surface area contributed by atoms with Crippen LogP contribution in [0.25, 0.3) is 67.5 Å². The number of aromatic nitrogens is 3. The van der Waals surface area contributed by atoms with Crippen LogP contribution in [0.5, 0.6) is 23.0 Å². The molecule has 63 heavy (non-hydrogen) atoms. The molecule has 0 saturated heterocycles. The Hall–Kier alpha value is -8.41. The summed E-state index contributed by atoms with van der Waals surface area (Å²) in [4.78, 5) is 15.3. The molecule has 5 nitrogen and oxygen atoms in total. The third-order valence-corrected chi connectivity index (χ3v) is 12.3. The molecule has 0 bridgehead atoms. The largest absolute Gasteiger partial charge is 0.449 e. The monoisotopic (exact) mass is 807 g/mol. The van der Waals surface area contributed by atoms with E-state index in [2.05, 4.69) is 170 Å². The van der Waals surface area contributed by atoms with Crippen molar-refractivity contribution in [2.24, 2.45) is 0 Å². The number of hydrogen-bond donors (Lipinski definition) is 0. The molecule has 0 unspecified atom stereocenters. The fraction of sp³-hybridized carbons (Fsp3) is 0.0172. The maximum atomic E-state index is 7.08. The van der Waals surface area contributed by atoms with Gasteiger partial charge in [0, 0.05) is 22.3 Å². The minimum atomic E-state index is -0.556. The quantitative estimate of drug-likeness (QED) is 0.161. The SMILES string of the molecule is c1ccc(-c2ccc(-c3nc(-c4ccccc4)nc(-c4ccccc4-c4ccc5c(c4)Oc4c(ccc6c4-c4ccccc4C6(c4ccccc4)c4ccccc4)O5)n3)cc2)cc1. The van der Waals surface area contributed by atoms with Gasteiger partial charge in [-0.1, -0.05) is 206 Å². The van der Waals surface area contributed by atoms with Crippen LogP contribution in [0.2, 0.25) is 0 Å². The van der Waals surface area contributed by atoms with Crippen molar-refractivity contribution in [2.75, 3.05) is 0 Å². The van der Waals surface area contributed by atoms with Crippen LogP contribution in [-0.2, 0) is 5.41 Å². The summed E-state index contributed by atoms with van der Waals surface area (Å²) in [6.07, 6.45) is 0. The Morgan fingerprint density at radius 3 is 1.44 bits per heavy atom. The van der Waals surface area contributed by atoms with Crippen LogP contribution in [0.3, 0.4) is 0 Å². The van der Waals surface area contributed by atoms with E-state index in [0.29, 0.717) is 40.5 Å². The second kappa shape index (κ2) is 14.9. The third kappa shape index (κ3) is 6.05. The molecule has 1 aromatic heterocycles. The highest BCUT2D eigenvalue weighted by Crippen LogP contribution is 2.62. The van der Waals surface area contributed by atoms with Crippen LogP contribution in [0.1, 0.15) is 22.3 Å². The fourth-order valence-corrected chi connectivity index (χ4v) is 9.45. The lowest BCUT2D eigenvalue weighted by Gasteiger charge is -2.34. The predicted molar refractivity (Wildman–Crippen MR) is 251 cm³/mol. The van der Waals surface area contributed by atoms with Crippen LogP contribution < -0.4 is 9.47 Å². The van der Waals surface area contributed by atoms with Crippen LogP contribution in [0.4, 0.5) is 0 Å². The van der Waals surface area contributed by atoms with Crippen LogP contribution in [-0.4, -0.2) is 15.0 Å². The highest BCUT2D eigenvalue weighted by atomic mass is 16.6. The van der Waals surface area contributed by atoms with E-state index in [1.54, 1.807) is 0 Å². The van der Waals surface area contributed by atoms with Crippen molar-refractivity contribution in [3.8, 4) is 90.5 Å². The van der Waals surface area contributed by atoms with Crippen molar-refractivity contribution in [1.82, 2.24) is 15.0 Å². The van der Waals surface area contributed by atoms with E-state index in [-0.39, 0.29) is 0 Å². The summed E-state index contributed by atoms with van der Waals surface area (Å²) in [6.45, 7) is 0. The lowest BCUT2D eigenvalue weighted by Crippen LogP contribution is -2.28. The van der Waals surface area contributed by atoms with Gasteiger partial charge in [-0.15, -0.1) is 0 Å². The first-order valence-corrected chi connectivity index (χ1v) is 21.2. The Morgan fingerprint density at radius 2 is 0.778 bits per heavy atom. The molecule has 0 atom stereocenters. The fourth-order valence-electron chi connectivity index (χ4n) is 9.45. The summed E-state index contributed by atoms with van der Waals surface area (Å²) >= 11 is 0. The maximum Gasteiger partial charge on any atom is 0.178 e. The molecule has 1 aliphatic carbocycles. The second-order valence-electron chi connectivity index (χ2n) is 15.9. The number of nitrogens with zero attached hydrogens (tertiary/aromatic N) is 3. The van der Waals surface area contributed by atoms with Gasteiger partial charge in [-0.05, 0) is 68.3 Å². The molecule has 0 spiro atoms. The lowest BCUT2D eigenvalue weighted by molar-refractivity contribution is 0.360. The minimum absolute atomic E-state index is 0.556. The second-order valence-corrected chi connectivity index (χ2v) is 15.9. The molecule has 296 valence electrons. The number of benzene rings is 9. The molecule has 5 heteroatoms. The average Bonchev–Trinajstić information content (AvgIpc) is 3.68. The van der Waals surface area contributed by atoms with E-state index in [9.17, 15) is 0 Å². The Bertz CT molecular complexity index is 3280. The number of hydrogen-bond acceptors (Lipinski definition) is 5. The Morgan fingerprint density at radius 1 is 0.302 bits per heavy atom. The molecule has 0 amide bonds. The van der Waals surface area contributed by atoms with Gasteiger partial charge in [0.25, 0.3) is 0 Å². The highest BCUT2D eigenvalue weighted by molar-refractivity contribution is 5.92. The van der Waals surface area contributed by atoms with Gasteiger partial charge < -0.3 is 9.47 Å². The first-order valence-electron chi connectivity index (χ1n) is 21.2. The molecule has 2 heterocycles. The zero-order valence-corrected chi connectivity index (χ0v) is 34.0. The lowest BCUT2D eigenvalue weighted by atomic mass is 9.68. The van der Waals surface area contributed by atoms with E-state index >= 15 is 0 Å². The van der Waals surface area contributed by atoms with Crippen molar-refractivity contribution >= 4 is 0 Å². The molecule has 10 aromatic rings. The van der Waals surface area contributed by atoms with E-state index in [0.717, 1.165) is 55.6 Å². The van der Waals surface area contributed by atoms with Crippen molar-refractivity contribution in [2.45, 2.75) is 5.41 Å². The van der Waals surface area contributed by atoms with Crippen molar-refractivity contribution in [1.29, 1.82) is 0 Å². The van der Waals surface area contributed by atoms with Crippen molar-refractivity contribution in [3.05, 3.63) is 247 Å². The standard InChI is InChI=1S/C58H37N3O2/c1-5-17-38(18-6-1)39-29-31-41(32-30-39)56-59-55(40-19-7-2-8-20-40)60-57(61-56)46-26-14-13-25-45(46)42-33-35-50-52(37-42)63-54-51(62-50)36-34-49-53(54)47-27-15-16-28-48(47)58(49,43-21-9-3-10-22-43)44-23-11-4-12-24-44/h1-37H. The number of fused-ring (bicyclic) bond motifs is 6. The summed E-state index contributed by atoms with van der Waals surface area (Å²) < 4.78 is 13.8. The Balaban J connectivity index is 0.968. The summed E-state index contributed by atoms with van der Waals surface area (Å²) in [5.41, 5.74) is 13.2. The zero-order chi connectivity index (χ0) is 41.7. The molecule has 0 radical (unpaired) electrons. The topological polar surface area (TPSA) is 57.1 Å². The Labute approximate surface area is 365 Å². The van der Waals surface area contributed by atoms with Gasteiger partial charge in [-0.3, -0.25) is 0 Å². The van der Waals surface area contributed by atoms with E-state index in [1.165, 1.54) is 16.7 Å². The van der Waals surface area contributed by atoms with E-state index < -0.39 is 5.41 Å². The minimum Gasteiger partial charge on any atom is -0.449 e. The number of rotatable bonds is 7. The molecule has 2 aliphatic rings. The number of ether oxygens (including phenoxy) is 2. The molecular formula is C58H37N3O2. The van der Waals surface area contributed by atoms with Crippen LogP contribution >= 0.6 is 0 Å². The van der Waals surface area contributed by atoms with Gasteiger partial charge in [-0.2, -0.15) is 0 Å². The normalized spacial score (nSPS) is 12.8. The molecule has 12 rings (SSSR count). The Kier molecular flexibility index (Phi) is 8.64.